The minimum Gasteiger partial charge on any atom is -0.462 e. The van der Waals surface area contributed by atoms with Crippen LogP contribution < -0.4 is 0 Å². The third-order valence-electron chi connectivity index (χ3n) is 6.47. The Morgan fingerprint density at radius 2 is 2.04 bits per heavy atom. The second-order valence-corrected chi connectivity index (χ2v) is 7.70. The summed E-state index contributed by atoms with van der Waals surface area (Å²) in [5.74, 6) is 1.22. The molecule has 1 fully saturated rings. The first-order valence-electron chi connectivity index (χ1n) is 8.82. The van der Waals surface area contributed by atoms with Crippen LogP contribution in [0.3, 0.4) is 0 Å². The highest BCUT2D eigenvalue weighted by atomic mass is 16.5. The predicted octanol–water partition coefficient (Wildman–Crippen LogP) is 3.90. The number of carbonyl (C=O) groups excluding carboxylic acids is 2. The summed E-state index contributed by atoms with van der Waals surface area (Å²) < 4.78 is 5.62. The van der Waals surface area contributed by atoms with Crippen molar-refractivity contribution in [2.24, 2.45) is 17.3 Å². The van der Waals surface area contributed by atoms with Gasteiger partial charge in [-0.3, -0.25) is 9.59 Å². The summed E-state index contributed by atoms with van der Waals surface area (Å²) in [6.07, 6.45) is 12.2. The molecule has 0 aromatic heterocycles. The van der Waals surface area contributed by atoms with Gasteiger partial charge in [0.2, 0.25) is 0 Å². The molecule has 4 aliphatic rings. The van der Waals surface area contributed by atoms with Crippen molar-refractivity contribution in [2.75, 3.05) is 0 Å². The maximum absolute atomic E-state index is 11.7. The number of allylic oxidation sites excluding steroid dienone is 5. The summed E-state index contributed by atoms with van der Waals surface area (Å²) in [6.45, 7) is 3.76. The largest absolute Gasteiger partial charge is 0.462 e. The fourth-order valence-electron chi connectivity index (χ4n) is 5.36. The molecule has 3 nitrogen and oxygen atoms in total. The van der Waals surface area contributed by atoms with Crippen molar-refractivity contribution in [1.82, 2.24) is 0 Å². The highest BCUT2D eigenvalue weighted by Crippen LogP contribution is 2.57. The van der Waals surface area contributed by atoms with Crippen LogP contribution in [0.15, 0.2) is 34.9 Å². The average molecular weight is 312 g/mol. The van der Waals surface area contributed by atoms with E-state index in [-0.39, 0.29) is 23.3 Å². The Hall–Kier alpha value is -1.64. The molecule has 0 spiro atoms. The van der Waals surface area contributed by atoms with E-state index in [0.717, 1.165) is 32.1 Å². The van der Waals surface area contributed by atoms with Crippen molar-refractivity contribution in [3.05, 3.63) is 34.9 Å². The van der Waals surface area contributed by atoms with Crippen molar-refractivity contribution in [3.63, 3.8) is 0 Å². The number of ether oxygens (including phenoxy) is 1. The Morgan fingerprint density at radius 3 is 2.83 bits per heavy atom. The molecule has 0 unspecified atom stereocenters. The van der Waals surface area contributed by atoms with Crippen LogP contribution in [0.25, 0.3) is 0 Å². The molecular formula is C20H24O3. The van der Waals surface area contributed by atoms with E-state index >= 15 is 0 Å². The topological polar surface area (TPSA) is 43.4 Å². The first kappa shape index (κ1) is 14.9. The molecule has 0 amide bonds. The van der Waals surface area contributed by atoms with Crippen LogP contribution >= 0.6 is 0 Å². The minimum absolute atomic E-state index is 0.0117. The van der Waals surface area contributed by atoms with E-state index in [4.69, 9.17) is 4.74 Å². The molecular weight excluding hydrogens is 288 g/mol. The van der Waals surface area contributed by atoms with E-state index in [1.54, 1.807) is 0 Å². The van der Waals surface area contributed by atoms with Gasteiger partial charge in [-0.15, -0.1) is 0 Å². The van der Waals surface area contributed by atoms with Crippen LogP contribution in [0.1, 0.15) is 52.4 Å². The number of hydrogen-bond donors (Lipinski definition) is 0. The second kappa shape index (κ2) is 5.19. The molecule has 4 atom stereocenters. The van der Waals surface area contributed by atoms with Crippen LogP contribution in [-0.4, -0.2) is 17.9 Å². The van der Waals surface area contributed by atoms with Gasteiger partial charge in [-0.25, -0.2) is 0 Å². The zero-order valence-corrected chi connectivity index (χ0v) is 13.9. The van der Waals surface area contributed by atoms with Gasteiger partial charge in [-0.1, -0.05) is 19.1 Å². The lowest BCUT2D eigenvalue weighted by Crippen LogP contribution is -2.40. The summed E-state index contributed by atoms with van der Waals surface area (Å²) in [4.78, 5) is 23.1. The van der Waals surface area contributed by atoms with Crippen molar-refractivity contribution in [2.45, 2.75) is 58.5 Å². The maximum Gasteiger partial charge on any atom is 0.302 e. The quantitative estimate of drug-likeness (QED) is 0.690. The molecule has 0 aromatic carbocycles. The standard InChI is InChI=1S/C20H24O3/c1-12(21)23-19-8-7-18-17-5-3-13-11-14(22)4-6-15(13)16(17)9-10-20(18,19)2/h9-11,17-19H,3-8H2,1-2H3/t17-,18-,19-,20+/m1/s1. The van der Waals surface area contributed by atoms with Crippen molar-refractivity contribution >= 4 is 11.8 Å². The van der Waals surface area contributed by atoms with Gasteiger partial charge in [0.1, 0.15) is 6.10 Å². The first-order valence-corrected chi connectivity index (χ1v) is 8.82. The fraction of sp³-hybridized carbons (Fsp3) is 0.600. The van der Waals surface area contributed by atoms with Gasteiger partial charge >= 0.3 is 5.97 Å². The molecule has 0 heterocycles. The monoisotopic (exact) mass is 312 g/mol. The molecule has 0 N–H and O–H groups in total. The Kier molecular flexibility index (Phi) is 3.36. The number of rotatable bonds is 1. The van der Waals surface area contributed by atoms with Crippen LogP contribution in [0.2, 0.25) is 0 Å². The molecule has 122 valence electrons. The van der Waals surface area contributed by atoms with E-state index in [9.17, 15) is 9.59 Å². The summed E-state index contributed by atoms with van der Waals surface area (Å²) in [5, 5.41) is 0. The summed E-state index contributed by atoms with van der Waals surface area (Å²) >= 11 is 0. The number of carbonyl (C=O) groups is 2. The number of ketones is 1. The van der Waals surface area contributed by atoms with Gasteiger partial charge in [-0.2, -0.15) is 0 Å². The van der Waals surface area contributed by atoms with E-state index in [1.165, 1.54) is 23.6 Å². The second-order valence-electron chi connectivity index (χ2n) is 7.70. The number of hydrogen-bond acceptors (Lipinski definition) is 3. The molecule has 0 aromatic rings. The van der Waals surface area contributed by atoms with Crippen molar-refractivity contribution < 1.29 is 14.3 Å². The molecule has 0 saturated heterocycles. The number of esters is 1. The van der Waals surface area contributed by atoms with Crippen LogP contribution in [-0.2, 0) is 14.3 Å². The third-order valence-corrected chi connectivity index (χ3v) is 6.47. The van der Waals surface area contributed by atoms with Crippen molar-refractivity contribution in [3.8, 4) is 0 Å². The number of fused-ring (bicyclic) bond motifs is 4. The van der Waals surface area contributed by atoms with Gasteiger partial charge in [0, 0.05) is 18.8 Å². The molecule has 1 saturated carbocycles. The predicted molar refractivity (Wildman–Crippen MR) is 87.6 cm³/mol. The van der Waals surface area contributed by atoms with Gasteiger partial charge in [0.15, 0.2) is 5.78 Å². The smallest absolute Gasteiger partial charge is 0.302 e. The SMILES string of the molecule is CC(=O)O[C@@H]1CC[C@@H]2[C@@H]3CCC4=CC(=O)CCC4=C3C=C[C@@]21C. The molecule has 4 aliphatic carbocycles. The first-order chi connectivity index (χ1) is 11.0. The van der Waals surface area contributed by atoms with Gasteiger partial charge in [0.05, 0.1) is 0 Å². The Morgan fingerprint density at radius 1 is 1.22 bits per heavy atom. The molecule has 0 radical (unpaired) electrons. The van der Waals surface area contributed by atoms with Crippen LogP contribution in [0, 0.1) is 17.3 Å². The Bertz CT molecular complexity index is 666. The van der Waals surface area contributed by atoms with Gasteiger partial charge in [-0.05, 0) is 66.7 Å². The zero-order valence-electron chi connectivity index (χ0n) is 13.9. The van der Waals surface area contributed by atoms with E-state index in [0.29, 0.717) is 18.3 Å². The lowest BCUT2D eigenvalue weighted by molar-refractivity contribution is -0.150. The van der Waals surface area contributed by atoms with Gasteiger partial charge < -0.3 is 4.74 Å². The highest BCUT2D eigenvalue weighted by molar-refractivity contribution is 5.93. The molecule has 3 heteroatoms. The average Bonchev–Trinajstić information content (AvgIpc) is 2.83. The summed E-state index contributed by atoms with van der Waals surface area (Å²) in [6, 6.07) is 0. The van der Waals surface area contributed by atoms with E-state index < -0.39 is 0 Å². The Labute approximate surface area is 137 Å². The fourth-order valence-corrected chi connectivity index (χ4v) is 5.36. The van der Waals surface area contributed by atoms with E-state index in [2.05, 4.69) is 19.1 Å². The molecule has 0 bridgehead atoms. The lowest BCUT2D eigenvalue weighted by Gasteiger charge is -2.45. The third kappa shape index (κ3) is 2.24. The van der Waals surface area contributed by atoms with Crippen LogP contribution in [0.4, 0.5) is 0 Å². The maximum atomic E-state index is 11.7. The summed E-state index contributed by atoms with van der Waals surface area (Å²) in [5.41, 5.74) is 4.12. The van der Waals surface area contributed by atoms with Gasteiger partial charge in [0.25, 0.3) is 0 Å². The Balaban J connectivity index is 1.73. The zero-order chi connectivity index (χ0) is 16.2. The minimum atomic E-state index is -0.172. The van der Waals surface area contributed by atoms with Crippen molar-refractivity contribution in [1.29, 1.82) is 0 Å². The lowest BCUT2D eigenvalue weighted by atomic mass is 9.60. The summed E-state index contributed by atoms with van der Waals surface area (Å²) in [7, 11) is 0. The molecule has 4 rings (SSSR count). The molecule has 23 heavy (non-hydrogen) atoms. The van der Waals surface area contributed by atoms with E-state index in [1.807, 2.05) is 6.08 Å². The van der Waals surface area contributed by atoms with Crippen LogP contribution in [0.5, 0.6) is 0 Å². The normalized spacial score (nSPS) is 38.6. The highest BCUT2D eigenvalue weighted by Gasteiger charge is 2.53. The molecule has 0 aliphatic heterocycles.